The van der Waals surface area contributed by atoms with Crippen LogP contribution in [-0.2, 0) is 0 Å². The van der Waals surface area contributed by atoms with E-state index >= 15 is 0 Å². The van der Waals surface area contributed by atoms with Gasteiger partial charge in [0.1, 0.15) is 0 Å². The highest BCUT2D eigenvalue weighted by atomic mass is 16.1. The summed E-state index contributed by atoms with van der Waals surface area (Å²) in [5.41, 5.74) is 2.85. The molecule has 0 aromatic heterocycles. The van der Waals surface area contributed by atoms with E-state index in [0.29, 0.717) is 18.0 Å². The SMILES string of the molecule is CC(C)c1ccc(C(=O)NCC#Cc2ccccc2)cc1. The third-order valence-electron chi connectivity index (χ3n) is 3.18. The number of carbonyl (C=O) groups excluding carboxylic acids is 1. The van der Waals surface area contributed by atoms with Crippen molar-refractivity contribution in [2.75, 3.05) is 6.54 Å². The van der Waals surface area contributed by atoms with Gasteiger partial charge in [-0.05, 0) is 35.7 Å². The summed E-state index contributed by atoms with van der Waals surface area (Å²) in [6.45, 7) is 4.61. The van der Waals surface area contributed by atoms with Gasteiger partial charge in [-0.2, -0.15) is 0 Å². The second-order valence-corrected chi connectivity index (χ2v) is 5.13. The van der Waals surface area contributed by atoms with Crippen LogP contribution in [0.2, 0.25) is 0 Å². The molecule has 0 aliphatic rings. The highest BCUT2D eigenvalue weighted by Gasteiger charge is 2.04. The summed E-state index contributed by atoms with van der Waals surface area (Å²) < 4.78 is 0. The lowest BCUT2D eigenvalue weighted by molar-refractivity contribution is 0.0958. The van der Waals surface area contributed by atoms with Crippen molar-refractivity contribution in [3.63, 3.8) is 0 Å². The van der Waals surface area contributed by atoms with Gasteiger partial charge in [0.05, 0.1) is 6.54 Å². The van der Waals surface area contributed by atoms with E-state index in [1.807, 2.05) is 54.6 Å². The van der Waals surface area contributed by atoms with Crippen LogP contribution < -0.4 is 5.32 Å². The lowest BCUT2D eigenvalue weighted by atomic mass is 10.0. The Kier molecular flexibility index (Phi) is 5.17. The Morgan fingerprint density at radius 3 is 2.33 bits per heavy atom. The molecule has 0 atom stereocenters. The Hall–Kier alpha value is -2.53. The van der Waals surface area contributed by atoms with Crippen LogP contribution in [0.3, 0.4) is 0 Å². The first kappa shape index (κ1) is 14.9. The number of hydrogen-bond acceptors (Lipinski definition) is 1. The summed E-state index contributed by atoms with van der Waals surface area (Å²) in [7, 11) is 0. The summed E-state index contributed by atoms with van der Waals surface area (Å²) in [4.78, 5) is 12.0. The van der Waals surface area contributed by atoms with Crippen molar-refractivity contribution in [1.29, 1.82) is 0 Å². The smallest absolute Gasteiger partial charge is 0.252 e. The van der Waals surface area contributed by atoms with Gasteiger partial charge in [0.15, 0.2) is 0 Å². The van der Waals surface area contributed by atoms with E-state index in [1.165, 1.54) is 5.56 Å². The fourth-order valence-corrected chi connectivity index (χ4v) is 1.91. The molecule has 0 saturated carbocycles. The van der Waals surface area contributed by atoms with Gasteiger partial charge in [-0.1, -0.05) is 56.0 Å². The molecular weight excluding hydrogens is 258 g/mol. The summed E-state index contributed by atoms with van der Waals surface area (Å²) in [5.74, 6) is 6.34. The monoisotopic (exact) mass is 277 g/mol. The summed E-state index contributed by atoms with van der Waals surface area (Å²) in [6, 6.07) is 17.4. The average Bonchev–Trinajstić information content (AvgIpc) is 2.52. The van der Waals surface area contributed by atoms with Gasteiger partial charge in [-0.3, -0.25) is 4.79 Å². The van der Waals surface area contributed by atoms with Crippen LogP contribution in [0.5, 0.6) is 0 Å². The largest absolute Gasteiger partial charge is 0.341 e. The highest BCUT2D eigenvalue weighted by Crippen LogP contribution is 2.14. The Morgan fingerprint density at radius 1 is 1.05 bits per heavy atom. The van der Waals surface area contributed by atoms with Crippen LogP contribution in [-0.4, -0.2) is 12.5 Å². The fourth-order valence-electron chi connectivity index (χ4n) is 1.91. The molecule has 2 heteroatoms. The third-order valence-corrected chi connectivity index (χ3v) is 3.18. The Bertz CT molecular complexity index is 645. The molecule has 0 radical (unpaired) electrons. The number of amides is 1. The van der Waals surface area contributed by atoms with Crippen molar-refractivity contribution in [3.8, 4) is 11.8 Å². The van der Waals surface area contributed by atoms with E-state index in [2.05, 4.69) is 31.0 Å². The number of hydrogen-bond donors (Lipinski definition) is 1. The lowest BCUT2D eigenvalue weighted by Gasteiger charge is -2.06. The molecule has 0 heterocycles. The average molecular weight is 277 g/mol. The number of benzene rings is 2. The van der Waals surface area contributed by atoms with Gasteiger partial charge < -0.3 is 5.32 Å². The summed E-state index contributed by atoms with van der Waals surface area (Å²) in [6.07, 6.45) is 0. The molecule has 1 amide bonds. The van der Waals surface area contributed by atoms with Crippen molar-refractivity contribution in [3.05, 3.63) is 71.3 Å². The van der Waals surface area contributed by atoms with Crippen LogP contribution in [0.1, 0.15) is 41.3 Å². The normalized spacial score (nSPS) is 9.86. The Labute approximate surface area is 126 Å². The molecule has 0 fully saturated rings. The number of rotatable bonds is 3. The Balaban J connectivity index is 1.89. The Morgan fingerprint density at radius 2 is 1.71 bits per heavy atom. The van der Waals surface area contributed by atoms with Crippen molar-refractivity contribution in [1.82, 2.24) is 5.32 Å². The maximum absolute atomic E-state index is 12.0. The summed E-state index contributed by atoms with van der Waals surface area (Å²) >= 11 is 0. The van der Waals surface area contributed by atoms with E-state index in [4.69, 9.17) is 0 Å². The second kappa shape index (κ2) is 7.31. The van der Waals surface area contributed by atoms with Crippen LogP contribution in [0.15, 0.2) is 54.6 Å². The molecule has 0 aliphatic carbocycles. The molecule has 0 spiro atoms. The molecule has 106 valence electrons. The minimum Gasteiger partial charge on any atom is -0.341 e. The van der Waals surface area contributed by atoms with E-state index in [1.54, 1.807) is 0 Å². The van der Waals surface area contributed by atoms with Crippen molar-refractivity contribution >= 4 is 5.91 Å². The molecule has 2 nitrogen and oxygen atoms in total. The van der Waals surface area contributed by atoms with E-state index in [0.717, 1.165) is 5.56 Å². The minimum absolute atomic E-state index is 0.0901. The predicted octanol–water partition coefficient (Wildman–Crippen LogP) is 3.59. The molecule has 21 heavy (non-hydrogen) atoms. The fraction of sp³-hybridized carbons (Fsp3) is 0.211. The van der Waals surface area contributed by atoms with E-state index in [-0.39, 0.29) is 5.91 Å². The first-order valence-corrected chi connectivity index (χ1v) is 7.09. The third kappa shape index (κ3) is 4.50. The van der Waals surface area contributed by atoms with Crippen LogP contribution in [0.25, 0.3) is 0 Å². The van der Waals surface area contributed by atoms with Gasteiger partial charge in [0.25, 0.3) is 5.91 Å². The molecule has 2 rings (SSSR count). The molecule has 2 aromatic rings. The number of carbonyl (C=O) groups is 1. The van der Waals surface area contributed by atoms with Gasteiger partial charge in [0.2, 0.25) is 0 Å². The summed E-state index contributed by atoms with van der Waals surface area (Å²) in [5, 5.41) is 2.81. The zero-order chi connectivity index (χ0) is 15.1. The predicted molar refractivity (Wildman–Crippen MR) is 86.2 cm³/mol. The van der Waals surface area contributed by atoms with Gasteiger partial charge >= 0.3 is 0 Å². The molecule has 1 N–H and O–H groups in total. The topological polar surface area (TPSA) is 29.1 Å². The highest BCUT2D eigenvalue weighted by molar-refractivity contribution is 5.94. The van der Waals surface area contributed by atoms with Crippen molar-refractivity contribution in [2.24, 2.45) is 0 Å². The first-order chi connectivity index (χ1) is 10.2. The minimum atomic E-state index is -0.0901. The van der Waals surface area contributed by atoms with Crippen molar-refractivity contribution < 1.29 is 4.79 Å². The van der Waals surface area contributed by atoms with Gasteiger partial charge in [-0.15, -0.1) is 0 Å². The van der Waals surface area contributed by atoms with Crippen LogP contribution >= 0.6 is 0 Å². The lowest BCUT2D eigenvalue weighted by Crippen LogP contribution is -2.23. The number of nitrogens with one attached hydrogen (secondary N) is 1. The van der Waals surface area contributed by atoms with Crippen molar-refractivity contribution in [2.45, 2.75) is 19.8 Å². The maximum Gasteiger partial charge on any atom is 0.252 e. The van der Waals surface area contributed by atoms with E-state index in [9.17, 15) is 4.79 Å². The molecule has 0 saturated heterocycles. The second-order valence-electron chi connectivity index (χ2n) is 5.13. The molecule has 0 unspecified atom stereocenters. The maximum atomic E-state index is 12.0. The van der Waals surface area contributed by atoms with Gasteiger partial charge in [0, 0.05) is 11.1 Å². The molecule has 2 aromatic carbocycles. The quantitative estimate of drug-likeness (QED) is 0.853. The van der Waals surface area contributed by atoms with Gasteiger partial charge in [-0.25, -0.2) is 0 Å². The zero-order valence-corrected chi connectivity index (χ0v) is 12.4. The molecule has 0 aliphatic heterocycles. The molecular formula is C19H19NO. The molecule has 0 bridgehead atoms. The van der Waals surface area contributed by atoms with Crippen LogP contribution in [0, 0.1) is 11.8 Å². The first-order valence-electron chi connectivity index (χ1n) is 7.09. The van der Waals surface area contributed by atoms with E-state index < -0.39 is 0 Å². The van der Waals surface area contributed by atoms with Crippen LogP contribution in [0.4, 0.5) is 0 Å². The standard InChI is InChI=1S/C19H19NO/c1-15(2)17-10-12-18(13-11-17)19(21)20-14-6-9-16-7-4-3-5-8-16/h3-5,7-8,10-13,15H,14H2,1-2H3,(H,20,21). The zero-order valence-electron chi connectivity index (χ0n) is 12.4.